The normalized spacial score (nSPS) is 14.9. The summed E-state index contributed by atoms with van der Waals surface area (Å²) in [7, 11) is 0. The minimum atomic E-state index is -1.22. The lowest BCUT2D eigenvalue weighted by molar-refractivity contribution is 0.496. The van der Waals surface area contributed by atoms with Gasteiger partial charge >= 0.3 is 0 Å². The summed E-state index contributed by atoms with van der Waals surface area (Å²) in [6, 6.07) is 1.59. The molecule has 0 spiro atoms. The number of imidazole rings is 1. The van der Waals surface area contributed by atoms with Gasteiger partial charge in [-0.1, -0.05) is 0 Å². The summed E-state index contributed by atoms with van der Waals surface area (Å²) in [6.45, 7) is 1.76. The van der Waals surface area contributed by atoms with Crippen LogP contribution in [-0.4, -0.2) is 9.55 Å². The number of benzene rings is 1. The molecule has 2 N–H and O–H groups in total. The first-order chi connectivity index (χ1) is 8.99. The quantitative estimate of drug-likeness (QED) is 0.849. The van der Waals surface area contributed by atoms with Crippen molar-refractivity contribution in [3.05, 3.63) is 35.4 Å². The molecule has 1 heterocycles. The maximum Gasteiger partial charge on any atom is 0.161 e. The van der Waals surface area contributed by atoms with Crippen molar-refractivity contribution in [3.63, 3.8) is 0 Å². The average Bonchev–Trinajstić information content (AvgIpc) is 3.11. The van der Waals surface area contributed by atoms with Crippen molar-refractivity contribution in [1.82, 2.24) is 9.55 Å². The summed E-state index contributed by atoms with van der Waals surface area (Å²) in [5, 5.41) is 0. The highest BCUT2D eigenvalue weighted by Gasteiger charge is 2.29. The highest BCUT2D eigenvalue weighted by Crippen LogP contribution is 2.41. The molecule has 0 saturated heterocycles. The molecule has 1 aromatic heterocycles. The number of nitrogen functional groups attached to an aromatic ring is 1. The molecule has 0 amide bonds. The molecule has 0 aliphatic heterocycles. The van der Waals surface area contributed by atoms with Gasteiger partial charge in [-0.25, -0.2) is 18.2 Å². The van der Waals surface area contributed by atoms with Gasteiger partial charge in [0.05, 0.1) is 0 Å². The molecule has 0 bridgehead atoms. The maximum absolute atomic E-state index is 13.7. The molecule has 0 unspecified atom stereocenters. The molecule has 6 heteroatoms. The molecule has 100 valence electrons. The van der Waals surface area contributed by atoms with Crippen LogP contribution in [0.1, 0.15) is 24.7 Å². The van der Waals surface area contributed by atoms with E-state index in [-0.39, 0.29) is 17.3 Å². The third-order valence-electron chi connectivity index (χ3n) is 3.30. The molecule has 0 radical (unpaired) electrons. The molecule has 1 aromatic carbocycles. The van der Waals surface area contributed by atoms with E-state index in [2.05, 4.69) is 4.98 Å². The smallest absolute Gasteiger partial charge is 0.161 e. The minimum absolute atomic E-state index is 0.112. The van der Waals surface area contributed by atoms with Gasteiger partial charge in [0.25, 0.3) is 0 Å². The first-order valence-electron chi connectivity index (χ1n) is 5.98. The van der Waals surface area contributed by atoms with Crippen molar-refractivity contribution >= 4 is 5.82 Å². The van der Waals surface area contributed by atoms with E-state index in [1.54, 1.807) is 6.92 Å². The fraction of sp³-hybridized carbons (Fsp3) is 0.308. The molecule has 1 saturated carbocycles. The Morgan fingerprint density at radius 3 is 2.42 bits per heavy atom. The Bertz CT molecular complexity index is 660. The van der Waals surface area contributed by atoms with E-state index in [9.17, 15) is 13.2 Å². The summed E-state index contributed by atoms with van der Waals surface area (Å²) in [4.78, 5) is 4.18. The van der Waals surface area contributed by atoms with Crippen LogP contribution in [-0.2, 0) is 0 Å². The number of anilines is 1. The Morgan fingerprint density at radius 1 is 1.16 bits per heavy atom. The van der Waals surface area contributed by atoms with E-state index in [1.807, 2.05) is 4.57 Å². The predicted octanol–water partition coefficient (Wildman–Crippen LogP) is 3.19. The van der Waals surface area contributed by atoms with E-state index < -0.39 is 17.5 Å². The van der Waals surface area contributed by atoms with Crippen molar-refractivity contribution in [2.75, 3.05) is 5.73 Å². The summed E-state index contributed by atoms with van der Waals surface area (Å²) in [5.74, 6) is -2.26. The SMILES string of the molecule is Cc1nc(-c2cc(F)c(F)cc2F)c(N)n1C1CC1. The Labute approximate surface area is 107 Å². The molecule has 3 nitrogen and oxygen atoms in total. The van der Waals surface area contributed by atoms with E-state index in [0.717, 1.165) is 18.9 Å². The van der Waals surface area contributed by atoms with Crippen molar-refractivity contribution in [2.45, 2.75) is 25.8 Å². The summed E-state index contributed by atoms with van der Waals surface area (Å²) in [5.41, 5.74) is 6.01. The van der Waals surface area contributed by atoms with Crippen LogP contribution in [0.15, 0.2) is 12.1 Å². The van der Waals surface area contributed by atoms with Gasteiger partial charge in [0, 0.05) is 17.7 Å². The van der Waals surface area contributed by atoms with Crippen LogP contribution in [0, 0.1) is 24.4 Å². The van der Waals surface area contributed by atoms with Crippen LogP contribution in [0.3, 0.4) is 0 Å². The van der Waals surface area contributed by atoms with Gasteiger partial charge in [0.1, 0.15) is 23.2 Å². The topological polar surface area (TPSA) is 43.8 Å². The van der Waals surface area contributed by atoms with Crippen LogP contribution < -0.4 is 5.73 Å². The number of nitrogens with two attached hydrogens (primary N) is 1. The third kappa shape index (κ3) is 1.87. The van der Waals surface area contributed by atoms with E-state index in [4.69, 9.17) is 5.73 Å². The second-order valence-corrected chi connectivity index (χ2v) is 4.74. The summed E-state index contributed by atoms with van der Waals surface area (Å²) >= 11 is 0. The number of aromatic nitrogens is 2. The number of aryl methyl sites for hydroxylation is 1. The van der Waals surface area contributed by atoms with E-state index in [1.165, 1.54) is 0 Å². The van der Waals surface area contributed by atoms with Crippen molar-refractivity contribution in [3.8, 4) is 11.3 Å². The molecule has 0 atom stereocenters. The van der Waals surface area contributed by atoms with Crippen molar-refractivity contribution in [2.24, 2.45) is 0 Å². The zero-order valence-corrected chi connectivity index (χ0v) is 10.3. The largest absolute Gasteiger partial charge is 0.383 e. The van der Waals surface area contributed by atoms with Crippen LogP contribution in [0.2, 0.25) is 0 Å². The van der Waals surface area contributed by atoms with E-state index in [0.29, 0.717) is 17.7 Å². The Kier molecular flexibility index (Phi) is 2.55. The Hall–Kier alpha value is -1.98. The highest BCUT2D eigenvalue weighted by atomic mass is 19.2. The molecular weight excluding hydrogens is 255 g/mol. The highest BCUT2D eigenvalue weighted by molar-refractivity contribution is 5.71. The van der Waals surface area contributed by atoms with Crippen LogP contribution >= 0.6 is 0 Å². The minimum Gasteiger partial charge on any atom is -0.383 e. The average molecular weight is 267 g/mol. The van der Waals surface area contributed by atoms with Crippen LogP contribution in [0.4, 0.5) is 19.0 Å². The number of nitrogens with zero attached hydrogens (tertiary/aromatic N) is 2. The predicted molar refractivity (Wildman–Crippen MR) is 65.0 cm³/mol. The number of hydrogen-bond donors (Lipinski definition) is 1. The van der Waals surface area contributed by atoms with Gasteiger partial charge in [0.2, 0.25) is 0 Å². The van der Waals surface area contributed by atoms with Crippen molar-refractivity contribution in [1.29, 1.82) is 0 Å². The number of rotatable bonds is 2. The number of hydrogen-bond acceptors (Lipinski definition) is 2. The third-order valence-corrected chi connectivity index (χ3v) is 3.30. The first kappa shape index (κ1) is 12.1. The van der Waals surface area contributed by atoms with Gasteiger partial charge in [-0.2, -0.15) is 0 Å². The molecular formula is C13H12F3N3. The Morgan fingerprint density at radius 2 is 1.79 bits per heavy atom. The first-order valence-corrected chi connectivity index (χ1v) is 5.98. The van der Waals surface area contributed by atoms with Crippen LogP contribution in [0.25, 0.3) is 11.3 Å². The maximum atomic E-state index is 13.7. The monoisotopic (exact) mass is 267 g/mol. The second-order valence-electron chi connectivity index (χ2n) is 4.74. The summed E-state index contributed by atoms with van der Waals surface area (Å²) in [6.07, 6.45) is 2.00. The zero-order chi connectivity index (χ0) is 13.7. The number of halogens is 3. The molecule has 3 rings (SSSR count). The lowest BCUT2D eigenvalue weighted by Crippen LogP contribution is -2.02. The fourth-order valence-corrected chi connectivity index (χ4v) is 2.26. The van der Waals surface area contributed by atoms with Gasteiger partial charge in [-0.15, -0.1) is 0 Å². The van der Waals surface area contributed by atoms with E-state index >= 15 is 0 Å². The Balaban J connectivity index is 2.17. The summed E-state index contributed by atoms with van der Waals surface area (Å²) < 4.78 is 41.7. The molecule has 1 aliphatic carbocycles. The zero-order valence-electron chi connectivity index (χ0n) is 10.3. The second kappa shape index (κ2) is 4.01. The van der Waals surface area contributed by atoms with Crippen molar-refractivity contribution < 1.29 is 13.2 Å². The van der Waals surface area contributed by atoms with Gasteiger partial charge in [0.15, 0.2) is 11.6 Å². The fourth-order valence-electron chi connectivity index (χ4n) is 2.26. The van der Waals surface area contributed by atoms with Gasteiger partial charge < -0.3 is 10.3 Å². The van der Waals surface area contributed by atoms with Crippen LogP contribution in [0.5, 0.6) is 0 Å². The molecule has 19 heavy (non-hydrogen) atoms. The standard InChI is InChI=1S/C13H12F3N3/c1-6-18-12(13(17)19(6)7-2-3-7)8-4-10(15)11(16)5-9(8)14/h4-5,7H,2-3,17H2,1H3. The molecule has 2 aromatic rings. The van der Waals surface area contributed by atoms with Gasteiger partial charge in [-0.05, 0) is 25.8 Å². The molecule has 1 aliphatic rings. The lowest BCUT2D eigenvalue weighted by Gasteiger charge is -2.06. The molecule has 1 fully saturated rings. The lowest BCUT2D eigenvalue weighted by atomic mass is 10.1. The van der Waals surface area contributed by atoms with Gasteiger partial charge in [-0.3, -0.25) is 0 Å².